The van der Waals surface area contributed by atoms with E-state index in [9.17, 15) is 14.7 Å². The first-order valence-electron chi connectivity index (χ1n) is 6.37. The lowest BCUT2D eigenvalue weighted by atomic mass is 10.0. The Bertz CT molecular complexity index is 633. The number of carboxylic acid groups (broad SMARTS) is 1. The Morgan fingerprint density at radius 3 is 2.62 bits per heavy atom. The van der Waals surface area contributed by atoms with Gasteiger partial charge >= 0.3 is 5.97 Å². The van der Waals surface area contributed by atoms with Crippen molar-refractivity contribution in [3.8, 4) is 0 Å². The molecule has 0 aliphatic carbocycles. The highest BCUT2D eigenvalue weighted by atomic mass is 32.2. The molecule has 1 unspecified atom stereocenters. The summed E-state index contributed by atoms with van der Waals surface area (Å²) >= 11 is 6.26. The van der Waals surface area contributed by atoms with E-state index in [0.29, 0.717) is 10.7 Å². The molecule has 21 heavy (non-hydrogen) atoms. The topological polar surface area (TPSA) is 70.8 Å². The summed E-state index contributed by atoms with van der Waals surface area (Å²) in [6, 6.07) is 2.58. The molecule has 0 radical (unpaired) electrons. The van der Waals surface area contributed by atoms with E-state index in [1.807, 2.05) is 6.92 Å². The SMILES string of the molecule is Cc1ccc(/C=C2\SC(=S)N(C(C(=O)O)C(C)C)C2=O)o1. The van der Waals surface area contributed by atoms with Gasteiger partial charge in [-0.1, -0.05) is 37.8 Å². The fraction of sp³-hybridized carbons (Fsp3) is 0.357. The highest BCUT2D eigenvalue weighted by Gasteiger charge is 2.41. The largest absolute Gasteiger partial charge is 0.480 e. The van der Waals surface area contributed by atoms with Crippen molar-refractivity contribution >= 4 is 46.3 Å². The van der Waals surface area contributed by atoms with Crippen molar-refractivity contribution in [2.24, 2.45) is 5.92 Å². The second-order valence-corrected chi connectivity index (χ2v) is 6.70. The normalized spacial score (nSPS) is 18.9. The molecule has 5 nitrogen and oxygen atoms in total. The van der Waals surface area contributed by atoms with Crippen LogP contribution in [0.15, 0.2) is 21.5 Å². The molecule has 0 spiro atoms. The molecule has 1 saturated heterocycles. The van der Waals surface area contributed by atoms with Crippen LogP contribution in [0.5, 0.6) is 0 Å². The second-order valence-electron chi connectivity index (χ2n) is 5.03. The molecule has 1 N–H and O–H groups in total. The van der Waals surface area contributed by atoms with Crippen molar-refractivity contribution in [2.45, 2.75) is 26.8 Å². The van der Waals surface area contributed by atoms with Crippen LogP contribution in [0.3, 0.4) is 0 Å². The number of furan rings is 1. The Labute approximate surface area is 132 Å². The molecule has 0 aromatic carbocycles. The lowest BCUT2D eigenvalue weighted by molar-refractivity contribution is -0.146. The average molecular weight is 325 g/mol. The molecule has 0 bridgehead atoms. The van der Waals surface area contributed by atoms with Gasteiger partial charge in [-0.25, -0.2) is 4.79 Å². The molecule has 112 valence electrons. The molecule has 1 aromatic heterocycles. The molecule has 1 amide bonds. The first-order valence-corrected chi connectivity index (χ1v) is 7.60. The summed E-state index contributed by atoms with van der Waals surface area (Å²) in [5.74, 6) is -0.404. The lowest BCUT2D eigenvalue weighted by Crippen LogP contribution is -2.47. The number of hydrogen-bond acceptors (Lipinski definition) is 5. The first kappa shape index (κ1) is 15.8. The zero-order chi connectivity index (χ0) is 15.7. The number of thioether (sulfide) groups is 1. The Morgan fingerprint density at radius 1 is 1.48 bits per heavy atom. The maximum Gasteiger partial charge on any atom is 0.327 e. The smallest absolute Gasteiger partial charge is 0.327 e. The highest BCUT2D eigenvalue weighted by Crippen LogP contribution is 2.35. The number of nitrogens with zero attached hydrogens (tertiary/aromatic N) is 1. The number of rotatable bonds is 4. The lowest BCUT2D eigenvalue weighted by Gasteiger charge is -2.26. The van der Waals surface area contributed by atoms with Crippen LogP contribution in [0, 0.1) is 12.8 Å². The molecule has 7 heteroatoms. The van der Waals surface area contributed by atoms with Crippen molar-refractivity contribution in [2.75, 3.05) is 0 Å². The van der Waals surface area contributed by atoms with Crippen LogP contribution < -0.4 is 0 Å². The number of amides is 1. The predicted molar refractivity (Wildman–Crippen MR) is 84.7 cm³/mol. The second kappa shape index (κ2) is 6.03. The van der Waals surface area contributed by atoms with Crippen LogP contribution in [0.25, 0.3) is 6.08 Å². The highest BCUT2D eigenvalue weighted by molar-refractivity contribution is 8.26. The van der Waals surface area contributed by atoms with Gasteiger partial charge in [0.15, 0.2) is 0 Å². The van der Waals surface area contributed by atoms with Gasteiger partial charge in [0.2, 0.25) is 0 Å². The van der Waals surface area contributed by atoms with E-state index in [1.165, 1.54) is 4.90 Å². The van der Waals surface area contributed by atoms with Crippen molar-refractivity contribution in [3.05, 3.63) is 28.6 Å². The molecular formula is C14H15NO4S2. The van der Waals surface area contributed by atoms with Crippen LogP contribution in [0.4, 0.5) is 0 Å². The summed E-state index contributed by atoms with van der Waals surface area (Å²) in [6.07, 6.45) is 1.59. The summed E-state index contributed by atoms with van der Waals surface area (Å²) in [6.45, 7) is 5.30. The maximum atomic E-state index is 12.4. The minimum absolute atomic E-state index is 0.241. The molecule has 2 heterocycles. The van der Waals surface area contributed by atoms with Gasteiger partial charge in [0.05, 0.1) is 4.91 Å². The Morgan fingerprint density at radius 2 is 2.14 bits per heavy atom. The Balaban J connectivity index is 2.32. The maximum absolute atomic E-state index is 12.4. The van der Waals surface area contributed by atoms with Gasteiger partial charge in [-0.05, 0) is 25.0 Å². The summed E-state index contributed by atoms with van der Waals surface area (Å²) in [5, 5.41) is 9.32. The molecule has 2 rings (SSSR count). The van der Waals surface area contributed by atoms with E-state index >= 15 is 0 Å². The van der Waals surface area contributed by atoms with Crippen LogP contribution in [0.2, 0.25) is 0 Å². The number of hydrogen-bond donors (Lipinski definition) is 1. The fourth-order valence-electron chi connectivity index (χ4n) is 2.07. The van der Waals surface area contributed by atoms with Crippen molar-refractivity contribution in [3.63, 3.8) is 0 Å². The van der Waals surface area contributed by atoms with Gasteiger partial charge < -0.3 is 9.52 Å². The number of thiocarbonyl (C=S) groups is 1. The van der Waals surface area contributed by atoms with E-state index in [4.69, 9.17) is 16.6 Å². The third kappa shape index (κ3) is 3.19. The standard InChI is InChI=1S/C14H15NO4S2/c1-7(2)11(13(17)18)15-12(16)10(21-14(15)20)6-9-5-4-8(3)19-9/h4-7,11H,1-3H3,(H,17,18)/b10-6-. The van der Waals surface area contributed by atoms with Crippen molar-refractivity contribution < 1.29 is 19.1 Å². The minimum atomic E-state index is -1.06. The predicted octanol–water partition coefficient (Wildman–Crippen LogP) is 2.90. The van der Waals surface area contributed by atoms with Gasteiger partial charge in [-0.15, -0.1) is 0 Å². The number of aryl methyl sites for hydroxylation is 1. The Kier molecular flexibility index (Phi) is 4.53. The molecule has 1 aromatic rings. The number of carbonyl (C=O) groups is 2. The quantitative estimate of drug-likeness (QED) is 0.678. The third-order valence-corrected chi connectivity index (χ3v) is 4.35. The minimum Gasteiger partial charge on any atom is -0.480 e. The monoisotopic (exact) mass is 325 g/mol. The number of carboxylic acids is 1. The van der Waals surface area contributed by atoms with Crippen LogP contribution >= 0.6 is 24.0 Å². The zero-order valence-electron chi connectivity index (χ0n) is 11.8. The van der Waals surface area contributed by atoms with E-state index in [0.717, 1.165) is 17.5 Å². The molecule has 1 aliphatic heterocycles. The summed E-state index contributed by atoms with van der Waals surface area (Å²) in [4.78, 5) is 25.4. The molecule has 1 fully saturated rings. The van der Waals surface area contributed by atoms with Gasteiger partial charge in [0.1, 0.15) is 21.9 Å². The Hall–Kier alpha value is -1.60. The van der Waals surface area contributed by atoms with E-state index in [2.05, 4.69) is 0 Å². The van der Waals surface area contributed by atoms with Gasteiger partial charge in [-0.2, -0.15) is 0 Å². The van der Waals surface area contributed by atoms with Crippen molar-refractivity contribution in [1.82, 2.24) is 4.90 Å². The van der Waals surface area contributed by atoms with E-state index in [1.54, 1.807) is 32.1 Å². The molecule has 0 saturated carbocycles. The van der Waals surface area contributed by atoms with Crippen molar-refractivity contribution in [1.29, 1.82) is 0 Å². The third-order valence-electron chi connectivity index (χ3n) is 3.02. The van der Waals surface area contributed by atoms with Crippen LogP contribution in [0.1, 0.15) is 25.4 Å². The first-order chi connectivity index (χ1) is 9.81. The van der Waals surface area contributed by atoms with E-state index in [-0.39, 0.29) is 16.1 Å². The summed E-state index contributed by atoms with van der Waals surface area (Å²) in [5.41, 5.74) is 0. The van der Waals surface area contributed by atoms with Gasteiger partial charge in [-0.3, -0.25) is 9.69 Å². The zero-order valence-corrected chi connectivity index (χ0v) is 13.5. The number of carbonyl (C=O) groups excluding carboxylic acids is 1. The van der Waals surface area contributed by atoms with Crippen LogP contribution in [-0.2, 0) is 9.59 Å². The van der Waals surface area contributed by atoms with Crippen LogP contribution in [-0.4, -0.2) is 32.2 Å². The van der Waals surface area contributed by atoms with E-state index < -0.39 is 12.0 Å². The summed E-state index contributed by atoms with van der Waals surface area (Å²) in [7, 11) is 0. The average Bonchev–Trinajstić information content (AvgIpc) is 2.88. The molecule has 1 aliphatic rings. The summed E-state index contributed by atoms with van der Waals surface area (Å²) < 4.78 is 5.66. The van der Waals surface area contributed by atoms with Gasteiger partial charge in [0, 0.05) is 6.08 Å². The number of aliphatic carboxylic acids is 1. The van der Waals surface area contributed by atoms with Gasteiger partial charge in [0.25, 0.3) is 5.91 Å². The molecular weight excluding hydrogens is 310 g/mol. The molecule has 1 atom stereocenters. The fourth-order valence-corrected chi connectivity index (χ4v) is 3.38.